The summed E-state index contributed by atoms with van der Waals surface area (Å²) in [6, 6.07) is 16.9. The smallest absolute Gasteiger partial charge is 0.315 e. The van der Waals surface area contributed by atoms with Gasteiger partial charge in [0.25, 0.3) is 0 Å². The number of ether oxygens (including phenoxy) is 1. The summed E-state index contributed by atoms with van der Waals surface area (Å²) in [7, 11) is 0. The topological polar surface area (TPSA) is 70.6 Å². The van der Waals surface area contributed by atoms with E-state index < -0.39 is 6.10 Å². The molecule has 5 heteroatoms. The van der Waals surface area contributed by atoms with Crippen LogP contribution < -0.4 is 15.4 Å². The summed E-state index contributed by atoms with van der Waals surface area (Å²) in [6.07, 6.45) is -0.800. The van der Waals surface area contributed by atoms with Crippen LogP contribution in [0.3, 0.4) is 0 Å². The molecule has 5 nitrogen and oxygen atoms in total. The predicted molar refractivity (Wildman–Crippen MR) is 98.5 cm³/mol. The third-order valence-corrected chi connectivity index (χ3v) is 3.44. The molecule has 0 aromatic heterocycles. The molecule has 0 spiro atoms. The van der Waals surface area contributed by atoms with Gasteiger partial charge < -0.3 is 20.5 Å². The van der Waals surface area contributed by atoms with Crippen LogP contribution in [-0.4, -0.2) is 23.2 Å². The average molecular weight is 342 g/mol. The number of nitrogens with one attached hydrogen (secondary N) is 2. The minimum absolute atomic E-state index is 0.129. The highest BCUT2D eigenvalue weighted by molar-refractivity contribution is 5.74. The fourth-order valence-electron chi connectivity index (χ4n) is 2.24. The van der Waals surface area contributed by atoms with Gasteiger partial charge in [0.2, 0.25) is 0 Å². The molecule has 0 aliphatic heterocycles. The third kappa shape index (κ3) is 6.85. The number of aliphatic hydroxyl groups is 1. The van der Waals surface area contributed by atoms with Gasteiger partial charge in [-0.3, -0.25) is 0 Å². The SMILES string of the molecule is CC(C)(C)NC(=O)NCC(O)c1cccc(OCc2ccccc2)c1. The van der Waals surface area contributed by atoms with Crippen molar-refractivity contribution in [3.63, 3.8) is 0 Å². The Hall–Kier alpha value is -2.53. The van der Waals surface area contributed by atoms with Crippen molar-refractivity contribution in [2.24, 2.45) is 0 Å². The fourth-order valence-corrected chi connectivity index (χ4v) is 2.24. The highest BCUT2D eigenvalue weighted by atomic mass is 16.5. The van der Waals surface area contributed by atoms with E-state index in [4.69, 9.17) is 4.74 Å². The molecule has 2 aromatic rings. The van der Waals surface area contributed by atoms with Gasteiger partial charge in [0.1, 0.15) is 12.4 Å². The van der Waals surface area contributed by atoms with Crippen molar-refractivity contribution in [1.82, 2.24) is 10.6 Å². The standard InChI is InChI=1S/C20H26N2O3/c1-20(2,3)22-19(24)21-13-18(23)16-10-7-11-17(12-16)25-14-15-8-5-4-6-9-15/h4-12,18,23H,13-14H2,1-3H3,(H2,21,22,24). The first-order valence-electron chi connectivity index (χ1n) is 8.34. The number of rotatable bonds is 6. The fraction of sp³-hybridized carbons (Fsp3) is 0.350. The van der Waals surface area contributed by atoms with E-state index in [1.807, 2.05) is 69.3 Å². The summed E-state index contributed by atoms with van der Waals surface area (Å²) in [6.45, 7) is 6.29. The van der Waals surface area contributed by atoms with Crippen molar-refractivity contribution >= 4 is 6.03 Å². The third-order valence-electron chi connectivity index (χ3n) is 3.44. The predicted octanol–water partition coefficient (Wildman–Crippen LogP) is 3.40. The number of carbonyl (C=O) groups is 1. The van der Waals surface area contributed by atoms with E-state index in [0.29, 0.717) is 17.9 Å². The molecule has 0 saturated carbocycles. The normalized spacial score (nSPS) is 12.3. The molecule has 25 heavy (non-hydrogen) atoms. The van der Waals surface area contributed by atoms with Crippen molar-refractivity contribution < 1.29 is 14.6 Å². The molecule has 0 bridgehead atoms. The molecule has 0 aliphatic rings. The minimum atomic E-state index is -0.800. The maximum atomic E-state index is 11.8. The molecular weight excluding hydrogens is 316 g/mol. The van der Waals surface area contributed by atoms with Gasteiger partial charge in [-0.05, 0) is 44.0 Å². The quantitative estimate of drug-likeness (QED) is 0.753. The van der Waals surface area contributed by atoms with E-state index in [9.17, 15) is 9.90 Å². The summed E-state index contributed by atoms with van der Waals surface area (Å²) in [5, 5.41) is 15.7. The van der Waals surface area contributed by atoms with E-state index in [1.54, 1.807) is 6.07 Å². The van der Waals surface area contributed by atoms with Gasteiger partial charge in [-0.1, -0.05) is 42.5 Å². The molecule has 3 N–H and O–H groups in total. The molecule has 0 saturated heterocycles. The maximum absolute atomic E-state index is 11.8. The van der Waals surface area contributed by atoms with E-state index in [1.165, 1.54) is 0 Å². The van der Waals surface area contributed by atoms with Crippen LogP contribution in [0.1, 0.15) is 38.0 Å². The zero-order valence-corrected chi connectivity index (χ0v) is 15.0. The number of hydrogen-bond acceptors (Lipinski definition) is 3. The summed E-state index contributed by atoms with van der Waals surface area (Å²) in [4.78, 5) is 11.8. The van der Waals surface area contributed by atoms with Crippen molar-refractivity contribution in [1.29, 1.82) is 0 Å². The van der Waals surface area contributed by atoms with E-state index in [0.717, 1.165) is 5.56 Å². The monoisotopic (exact) mass is 342 g/mol. The Morgan fingerprint density at radius 1 is 1.12 bits per heavy atom. The number of carbonyl (C=O) groups excluding carboxylic acids is 1. The second kappa shape index (κ2) is 8.53. The Balaban J connectivity index is 1.88. The first-order chi connectivity index (χ1) is 11.8. The summed E-state index contributed by atoms with van der Waals surface area (Å²) in [5.41, 5.74) is 1.45. The largest absolute Gasteiger partial charge is 0.489 e. The second-order valence-electron chi connectivity index (χ2n) is 6.95. The van der Waals surface area contributed by atoms with Gasteiger partial charge in [0.15, 0.2) is 0 Å². The van der Waals surface area contributed by atoms with Gasteiger partial charge in [-0.25, -0.2) is 4.79 Å². The Morgan fingerprint density at radius 2 is 1.84 bits per heavy atom. The Morgan fingerprint density at radius 3 is 2.52 bits per heavy atom. The van der Waals surface area contributed by atoms with Gasteiger partial charge >= 0.3 is 6.03 Å². The Labute approximate surface area is 149 Å². The van der Waals surface area contributed by atoms with E-state index in [2.05, 4.69) is 10.6 Å². The summed E-state index contributed by atoms with van der Waals surface area (Å²) < 4.78 is 5.76. The highest BCUT2D eigenvalue weighted by Crippen LogP contribution is 2.20. The molecule has 1 unspecified atom stereocenters. The molecular formula is C20H26N2O3. The lowest BCUT2D eigenvalue weighted by Crippen LogP contribution is -2.47. The van der Waals surface area contributed by atoms with Gasteiger partial charge in [0, 0.05) is 12.1 Å². The van der Waals surface area contributed by atoms with Crippen LogP contribution in [0.25, 0.3) is 0 Å². The van der Waals surface area contributed by atoms with Crippen LogP contribution in [0.2, 0.25) is 0 Å². The zero-order valence-electron chi connectivity index (χ0n) is 15.0. The van der Waals surface area contributed by atoms with Crippen molar-refractivity contribution in [3.05, 3.63) is 65.7 Å². The van der Waals surface area contributed by atoms with E-state index >= 15 is 0 Å². The van der Waals surface area contributed by atoms with Crippen molar-refractivity contribution in [2.45, 2.75) is 39.0 Å². The van der Waals surface area contributed by atoms with Crippen LogP contribution in [0.5, 0.6) is 5.75 Å². The molecule has 1 atom stereocenters. The molecule has 0 heterocycles. The number of aliphatic hydroxyl groups excluding tert-OH is 1. The second-order valence-corrected chi connectivity index (χ2v) is 6.95. The molecule has 0 aliphatic carbocycles. The lowest BCUT2D eigenvalue weighted by molar-refractivity contribution is 0.171. The first-order valence-corrected chi connectivity index (χ1v) is 8.34. The van der Waals surface area contributed by atoms with Crippen LogP contribution in [-0.2, 0) is 6.61 Å². The molecule has 0 fully saturated rings. The lowest BCUT2D eigenvalue weighted by atomic mass is 10.1. The molecule has 2 rings (SSSR count). The van der Waals surface area contributed by atoms with Crippen molar-refractivity contribution in [3.8, 4) is 5.75 Å². The van der Waals surface area contributed by atoms with Crippen LogP contribution in [0.15, 0.2) is 54.6 Å². The lowest BCUT2D eigenvalue weighted by Gasteiger charge is -2.21. The van der Waals surface area contributed by atoms with Crippen molar-refractivity contribution in [2.75, 3.05) is 6.54 Å². The van der Waals surface area contributed by atoms with Crippen LogP contribution in [0, 0.1) is 0 Å². The average Bonchev–Trinajstić information content (AvgIpc) is 2.57. The van der Waals surface area contributed by atoms with Crippen LogP contribution >= 0.6 is 0 Å². The maximum Gasteiger partial charge on any atom is 0.315 e. The highest BCUT2D eigenvalue weighted by Gasteiger charge is 2.15. The number of urea groups is 1. The number of hydrogen-bond donors (Lipinski definition) is 3. The zero-order chi connectivity index (χ0) is 18.3. The molecule has 2 amide bonds. The molecule has 134 valence electrons. The minimum Gasteiger partial charge on any atom is -0.489 e. The van der Waals surface area contributed by atoms with Gasteiger partial charge in [0.05, 0.1) is 6.10 Å². The van der Waals surface area contributed by atoms with Crippen LogP contribution in [0.4, 0.5) is 4.79 Å². The number of benzene rings is 2. The van der Waals surface area contributed by atoms with Gasteiger partial charge in [-0.2, -0.15) is 0 Å². The first kappa shape index (κ1) is 18.8. The number of amides is 2. The molecule has 2 aromatic carbocycles. The Bertz CT molecular complexity index is 681. The van der Waals surface area contributed by atoms with Gasteiger partial charge in [-0.15, -0.1) is 0 Å². The Kier molecular flexibility index (Phi) is 6.42. The summed E-state index contributed by atoms with van der Waals surface area (Å²) >= 11 is 0. The van der Waals surface area contributed by atoms with E-state index in [-0.39, 0.29) is 18.1 Å². The summed E-state index contributed by atoms with van der Waals surface area (Å²) in [5.74, 6) is 0.680. The molecule has 0 radical (unpaired) electrons.